The molecule has 1 atom stereocenters. The predicted molar refractivity (Wildman–Crippen MR) is 188 cm³/mol. The van der Waals surface area contributed by atoms with Gasteiger partial charge in [0.2, 0.25) is 0 Å². The van der Waals surface area contributed by atoms with E-state index >= 15 is 0 Å². The molecule has 0 aliphatic carbocycles. The molecule has 0 aromatic heterocycles. The monoisotopic (exact) mass is 645 g/mol. The molecule has 0 spiro atoms. The Balaban J connectivity index is 2.30. The molecule has 0 aliphatic heterocycles. The minimum absolute atomic E-state index is 0.0172. The van der Waals surface area contributed by atoms with Crippen LogP contribution in [0.2, 0.25) is 0 Å². The largest absolute Gasteiger partial charge is 0.462 e. The number of amides is 1. The Kier molecular flexibility index (Phi) is 28.0. The van der Waals surface area contributed by atoms with E-state index in [0.717, 1.165) is 44.1 Å². The number of alkyl carbamates (subject to hydrolysis) is 1. The van der Waals surface area contributed by atoms with Gasteiger partial charge in [-0.3, -0.25) is 9.59 Å². The van der Waals surface area contributed by atoms with Gasteiger partial charge in [0.25, 0.3) is 0 Å². The Morgan fingerprint density at radius 2 is 1.00 bits per heavy atom. The number of rotatable bonds is 31. The summed E-state index contributed by atoms with van der Waals surface area (Å²) < 4.78 is 16.4. The second-order valence-electron chi connectivity index (χ2n) is 12.8. The number of ether oxygens (including phenoxy) is 3. The number of unbranched alkanes of at least 4 members (excludes halogenated alkanes) is 20. The SMILES string of the molecule is CCCCCCCCCCCCCC(=O)OCC(CNC(=O)OCc1ccccc1)OC(=O)CCCCCCCCCCCCC. The molecule has 0 saturated heterocycles. The highest BCUT2D eigenvalue weighted by Gasteiger charge is 2.19. The van der Waals surface area contributed by atoms with E-state index in [1.165, 1.54) is 103 Å². The van der Waals surface area contributed by atoms with E-state index in [4.69, 9.17) is 14.2 Å². The van der Waals surface area contributed by atoms with Gasteiger partial charge in [-0.25, -0.2) is 4.79 Å². The molecule has 0 bridgehead atoms. The smallest absolute Gasteiger partial charge is 0.407 e. The Hall–Kier alpha value is -2.57. The third-order valence-electron chi connectivity index (χ3n) is 8.38. The third kappa shape index (κ3) is 26.6. The number of hydrogen-bond donors (Lipinski definition) is 1. The molecule has 0 saturated carbocycles. The first-order chi connectivity index (χ1) is 22.5. The van der Waals surface area contributed by atoms with Gasteiger partial charge in [0, 0.05) is 12.8 Å². The van der Waals surface area contributed by atoms with E-state index < -0.39 is 12.2 Å². The molecule has 1 aromatic rings. The Labute approximate surface area is 281 Å². The van der Waals surface area contributed by atoms with E-state index in [1.807, 2.05) is 30.3 Å². The highest BCUT2D eigenvalue weighted by Crippen LogP contribution is 2.14. The Morgan fingerprint density at radius 3 is 1.48 bits per heavy atom. The first-order valence-corrected chi connectivity index (χ1v) is 18.8. The van der Waals surface area contributed by atoms with Gasteiger partial charge in [-0.15, -0.1) is 0 Å². The van der Waals surface area contributed by atoms with Gasteiger partial charge < -0.3 is 19.5 Å². The fraction of sp³-hybridized carbons (Fsp3) is 0.769. The molecular weight excluding hydrogens is 578 g/mol. The Bertz CT molecular complexity index is 861. The molecule has 1 amide bonds. The van der Waals surface area contributed by atoms with Crippen LogP contribution in [0.15, 0.2) is 30.3 Å². The fourth-order valence-electron chi connectivity index (χ4n) is 5.48. The van der Waals surface area contributed by atoms with Crippen LogP contribution in [0.3, 0.4) is 0 Å². The summed E-state index contributed by atoms with van der Waals surface area (Å²) >= 11 is 0. The number of nitrogens with one attached hydrogen (secondary N) is 1. The lowest BCUT2D eigenvalue weighted by molar-refractivity contribution is -0.158. The van der Waals surface area contributed by atoms with Gasteiger partial charge >= 0.3 is 18.0 Å². The summed E-state index contributed by atoms with van der Waals surface area (Å²) in [7, 11) is 0. The lowest BCUT2D eigenvalue weighted by Crippen LogP contribution is -2.38. The van der Waals surface area contributed by atoms with Crippen molar-refractivity contribution < 1.29 is 28.6 Å². The van der Waals surface area contributed by atoms with E-state index in [9.17, 15) is 14.4 Å². The van der Waals surface area contributed by atoms with Gasteiger partial charge in [0.1, 0.15) is 13.2 Å². The normalized spacial score (nSPS) is 11.6. The minimum Gasteiger partial charge on any atom is -0.462 e. The first kappa shape index (κ1) is 41.5. The fourth-order valence-corrected chi connectivity index (χ4v) is 5.48. The van der Waals surface area contributed by atoms with Crippen molar-refractivity contribution in [3.05, 3.63) is 35.9 Å². The maximum Gasteiger partial charge on any atom is 0.407 e. The van der Waals surface area contributed by atoms with Crippen molar-refractivity contribution >= 4 is 18.0 Å². The van der Waals surface area contributed by atoms with Gasteiger partial charge in [-0.05, 0) is 18.4 Å². The van der Waals surface area contributed by atoms with Crippen LogP contribution in [0.25, 0.3) is 0 Å². The Morgan fingerprint density at radius 1 is 0.565 bits per heavy atom. The predicted octanol–water partition coefficient (Wildman–Crippen LogP) is 10.8. The number of hydrogen-bond acceptors (Lipinski definition) is 6. The molecule has 7 nitrogen and oxygen atoms in total. The van der Waals surface area contributed by atoms with E-state index in [1.54, 1.807) is 0 Å². The first-order valence-electron chi connectivity index (χ1n) is 18.8. The van der Waals surface area contributed by atoms with Crippen LogP contribution >= 0.6 is 0 Å². The summed E-state index contributed by atoms with van der Waals surface area (Å²) in [4.78, 5) is 37.3. The lowest BCUT2D eigenvalue weighted by Gasteiger charge is -2.19. The standard InChI is InChI=1S/C39H67NO6/c1-3-5-7-9-11-13-15-17-19-21-26-30-37(41)44-34-36(32-40-39(43)45-33-35-28-24-23-25-29-35)46-38(42)31-27-22-20-18-16-14-12-10-8-6-4-2/h23-25,28-29,36H,3-22,26-27,30-34H2,1-2H3,(H,40,43). The summed E-state index contributed by atoms with van der Waals surface area (Å²) in [5.41, 5.74) is 0.879. The van der Waals surface area contributed by atoms with Crippen LogP contribution in [-0.2, 0) is 30.4 Å². The minimum atomic E-state index is -0.759. The topological polar surface area (TPSA) is 90.9 Å². The zero-order valence-electron chi connectivity index (χ0n) is 29.5. The molecule has 46 heavy (non-hydrogen) atoms. The maximum atomic E-state index is 12.6. The number of benzene rings is 1. The van der Waals surface area contributed by atoms with Crippen molar-refractivity contribution in [3.63, 3.8) is 0 Å². The molecule has 0 heterocycles. The van der Waals surface area contributed by atoms with Crippen molar-refractivity contribution in [2.75, 3.05) is 13.2 Å². The zero-order chi connectivity index (χ0) is 33.3. The molecule has 0 aliphatic rings. The molecule has 1 unspecified atom stereocenters. The van der Waals surface area contributed by atoms with Crippen LogP contribution in [0.5, 0.6) is 0 Å². The molecule has 0 fully saturated rings. The van der Waals surface area contributed by atoms with E-state index in [-0.39, 0.29) is 31.7 Å². The lowest BCUT2D eigenvalue weighted by atomic mass is 10.1. The molecule has 1 aromatic carbocycles. The van der Waals surface area contributed by atoms with Gasteiger partial charge in [-0.1, -0.05) is 173 Å². The van der Waals surface area contributed by atoms with Crippen molar-refractivity contribution in [2.24, 2.45) is 0 Å². The molecule has 1 N–H and O–H groups in total. The van der Waals surface area contributed by atoms with Crippen LogP contribution in [0.1, 0.15) is 174 Å². The van der Waals surface area contributed by atoms with Crippen LogP contribution in [-0.4, -0.2) is 37.3 Å². The molecule has 7 heteroatoms. The second kappa shape index (κ2) is 31.1. The summed E-state index contributed by atoms with van der Waals surface area (Å²) in [6, 6.07) is 9.42. The molecule has 0 radical (unpaired) electrons. The number of carbonyl (C=O) groups is 3. The van der Waals surface area contributed by atoms with Gasteiger partial charge in [0.05, 0.1) is 6.54 Å². The second-order valence-corrected chi connectivity index (χ2v) is 12.8. The van der Waals surface area contributed by atoms with Crippen molar-refractivity contribution in [3.8, 4) is 0 Å². The molecular formula is C39H67NO6. The summed E-state index contributed by atoms with van der Waals surface area (Å²) in [6.07, 6.45) is 26.0. The maximum absolute atomic E-state index is 12.6. The highest BCUT2D eigenvalue weighted by molar-refractivity contribution is 5.71. The van der Waals surface area contributed by atoms with Crippen molar-refractivity contribution in [1.82, 2.24) is 5.32 Å². The van der Waals surface area contributed by atoms with Crippen molar-refractivity contribution in [1.29, 1.82) is 0 Å². The highest BCUT2D eigenvalue weighted by atomic mass is 16.6. The van der Waals surface area contributed by atoms with Crippen LogP contribution < -0.4 is 5.32 Å². The van der Waals surface area contributed by atoms with Gasteiger partial charge in [0.15, 0.2) is 6.10 Å². The van der Waals surface area contributed by atoms with Crippen LogP contribution in [0, 0.1) is 0 Å². The number of carbonyl (C=O) groups excluding carboxylic acids is 3. The zero-order valence-corrected chi connectivity index (χ0v) is 29.5. The average Bonchev–Trinajstić information content (AvgIpc) is 3.06. The third-order valence-corrected chi connectivity index (χ3v) is 8.38. The van der Waals surface area contributed by atoms with E-state index in [2.05, 4.69) is 19.2 Å². The quantitative estimate of drug-likeness (QED) is 0.0491. The molecule has 1 rings (SSSR count). The summed E-state index contributed by atoms with van der Waals surface area (Å²) in [5, 5.41) is 2.65. The van der Waals surface area contributed by atoms with Crippen LogP contribution in [0.4, 0.5) is 4.79 Å². The summed E-state index contributed by atoms with van der Waals surface area (Å²) in [6.45, 7) is 4.56. The van der Waals surface area contributed by atoms with Gasteiger partial charge in [-0.2, -0.15) is 0 Å². The molecule has 264 valence electrons. The summed E-state index contributed by atoms with van der Waals surface area (Å²) in [5.74, 6) is -0.629. The van der Waals surface area contributed by atoms with Crippen molar-refractivity contribution in [2.45, 2.75) is 181 Å². The van der Waals surface area contributed by atoms with E-state index in [0.29, 0.717) is 12.8 Å². The number of esters is 2. The average molecular weight is 646 g/mol.